The van der Waals surface area contributed by atoms with E-state index in [1.807, 2.05) is 103 Å². The van der Waals surface area contributed by atoms with Gasteiger partial charge in [-0.25, -0.2) is 0 Å². The number of fused-ring (bicyclic) bond motifs is 1. The Morgan fingerprint density at radius 1 is 0.838 bits per heavy atom. The quantitative estimate of drug-likeness (QED) is 0.215. The van der Waals surface area contributed by atoms with Crippen LogP contribution in [0.2, 0.25) is 0 Å². The molecule has 5 rings (SSSR count). The van der Waals surface area contributed by atoms with Gasteiger partial charge in [0.15, 0.2) is 0 Å². The third-order valence-corrected chi connectivity index (χ3v) is 7.05. The van der Waals surface area contributed by atoms with Crippen molar-refractivity contribution in [2.45, 2.75) is 49.9 Å². The summed E-state index contributed by atoms with van der Waals surface area (Å²) in [6.07, 6.45) is 0. The average molecular weight is 495 g/mol. The van der Waals surface area contributed by atoms with Gasteiger partial charge < -0.3 is 4.74 Å². The van der Waals surface area contributed by atoms with Gasteiger partial charge in [-0.1, -0.05) is 103 Å². The second-order valence-electron chi connectivity index (χ2n) is 10.5. The van der Waals surface area contributed by atoms with Gasteiger partial charge >= 0.3 is 5.97 Å². The largest absolute Gasteiger partial charge is 0.459 e. The van der Waals surface area contributed by atoms with Crippen LogP contribution in [0.1, 0.15) is 43.4 Å². The summed E-state index contributed by atoms with van der Waals surface area (Å²) in [5.74, 6) is -1.30. The van der Waals surface area contributed by atoms with Gasteiger partial charge in [-0.2, -0.15) is 0 Å². The Labute approximate surface area is 216 Å². The SMILES string of the molecule is CC(C)(C)OC(=O)[C@H]1NC(c2ccccc2)(c2ccccc2)[C@@H]([N+](=O)[O-])[C@@H]1c1cccc2ccccc12. The maximum Gasteiger partial charge on any atom is 0.324 e. The van der Waals surface area contributed by atoms with Crippen LogP contribution in [0.15, 0.2) is 103 Å². The van der Waals surface area contributed by atoms with Gasteiger partial charge in [0, 0.05) is 4.92 Å². The molecular formula is C31H30N2O4. The topological polar surface area (TPSA) is 81.5 Å². The first kappa shape index (κ1) is 24.7. The Morgan fingerprint density at radius 3 is 1.95 bits per heavy atom. The van der Waals surface area contributed by atoms with Gasteiger partial charge in [0.25, 0.3) is 0 Å². The van der Waals surface area contributed by atoms with Crippen molar-refractivity contribution in [2.24, 2.45) is 0 Å². The highest BCUT2D eigenvalue weighted by Crippen LogP contribution is 2.49. The van der Waals surface area contributed by atoms with Crippen LogP contribution in [-0.2, 0) is 15.1 Å². The zero-order chi connectivity index (χ0) is 26.2. The van der Waals surface area contributed by atoms with Gasteiger partial charge in [-0.15, -0.1) is 0 Å². The maximum absolute atomic E-state index is 13.8. The Morgan fingerprint density at radius 2 is 1.38 bits per heavy atom. The maximum atomic E-state index is 13.8. The van der Waals surface area contributed by atoms with Crippen LogP contribution in [0.4, 0.5) is 0 Å². The minimum atomic E-state index is -1.27. The number of benzene rings is 4. The molecule has 0 spiro atoms. The molecule has 0 amide bonds. The van der Waals surface area contributed by atoms with E-state index in [0.717, 1.165) is 27.5 Å². The summed E-state index contributed by atoms with van der Waals surface area (Å²) < 4.78 is 5.85. The molecule has 1 saturated heterocycles. The molecule has 0 aliphatic carbocycles. The molecule has 1 fully saturated rings. The van der Waals surface area contributed by atoms with Gasteiger partial charge in [0.1, 0.15) is 17.2 Å². The van der Waals surface area contributed by atoms with Crippen LogP contribution in [0.3, 0.4) is 0 Å². The number of nitrogens with one attached hydrogen (secondary N) is 1. The summed E-state index contributed by atoms with van der Waals surface area (Å²) in [4.78, 5) is 26.7. The second kappa shape index (κ2) is 9.45. The third kappa shape index (κ3) is 4.38. The van der Waals surface area contributed by atoms with Crippen molar-refractivity contribution in [2.75, 3.05) is 0 Å². The van der Waals surface area contributed by atoms with E-state index < -0.39 is 35.1 Å². The number of hydrogen-bond acceptors (Lipinski definition) is 5. The minimum Gasteiger partial charge on any atom is -0.459 e. The van der Waals surface area contributed by atoms with Crippen molar-refractivity contribution < 1.29 is 14.5 Å². The van der Waals surface area contributed by atoms with E-state index in [0.29, 0.717) is 0 Å². The molecule has 6 nitrogen and oxygen atoms in total. The van der Waals surface area contributed by atoms with E-state index in [-0.39, 0.29) is 4.92 Å². The van der Waals surface area contributed by atoms with E-state index >= 15 is 0 Å². The highest BCUT2D eigenvalue weighted by molar-refractivity contribution is 5.88. The van der Waals surface area contributed by atoms with Crippen molar-refractivity contribution in [3.63, 3.8) is 0 Å². The fourth-order valence-electron chi connectivity index (χ4n) is 5.70. The summed E-state index contributed by atoms with van der Waals surface area (Å²) in [6, 6.07) is 30.2. The van der Waals surface area contributed by atoms with Crippen LogP contribution in [-0.4, -0.2) is 28.6 Å². The standard InChI is InChI=1S/C31H30N2O4/c1-30(2,3)37-29(34)27-26(25-20-12-14-21-13-10-11-19-24(21)25)28(33(35)36)31(32-27,22-15-6-4-7-16-22)23-17-8-5-9-18-23/h4-20,26-28,32H,1-3H3/t26-,27+,28+/m1/s1. The van der Waals surface area contributed by atoms with E-state index in [4.69, 9.17) is 4.74 Å². The Hall–Kier alpha value is -4.03. The van der Waals surface area contributed by atoms with Crippen LogP contribution in [0, 0.1) is 10.1 Å². The fraction of sp³-hybridized carbons (Fsp3) is 0.258. The Bertz CT molecular complexity index is 1390. The summed E-state index contributed by atoms with van der Waals surface area (Å²) >= 11 is 0. The molecule has 1 heterocycles. The van der Waals surface area contributed by atoms with Gasteiger partial charge in [0.05, 0.1) is 5.92 Å². The van der Waals surface area contributed by atoms with Crippen LogP contribution < -0.4 is 5.32 Å². The molecule has 6 heteroatoms. The molecule has 4 aromatic rings. The molecule has 3 atom stereocenters. The molecule has 188 valence electrons. The fourth-order valence-corrected chi connectivity index (χ4v) is 5.70. The summed E-state index contributed by atoms with van der Waals surface area (Å²) in [6.45, 7) is 5.41. The summed E-state index contributed by atoms with van der Waals surface area (Å²) in [5.41, 5.74) is 0.168. The number of esters is 1. The van der Waals surface area contributed by atoms with E-state index in [2.05, 4.69) is 5.32 Å². The predicted octanol–water partition coefficient (Wildman–Crippen LogP) is 5.83. The van der Waals surface area contributed by atoms with Crippen molar-refractivity contribution in [3.8, 4) is 0 Å². The predicted molar refractivity (Wildman–Crippen MR) is 144 cm³/mol. The highest BCUT2D eigenvalue weighted by Gasteiger charge is 2.65. The summed E-state index contributed by atoms with van der Waals surface area (Å²) in [5, 5.41) is 18.5. The van der Waals surface area contributed by atoms with Crippen LogP contribution >= 0.6 is 0 Å². The van der Waals surface area contributed by atoms with E-state index in [9.17, 15) is 14.9 Å². The average Bonchev–Trinajstić information content (AvgIpc) is 3.26. The first-order chi connectivity index (χ1) is 17.7. The molecule has 0 saturated carbocycles. The lowest BCUT2D eigenvalue weighted by Crippen LogP contribution is -2.51. The molecule has 4 aromatic carbocycles. The van der Waals surface area contributed by atoms with Crippen molar-refractivity contribution in [1.82, 2.24) is 5.32 Å². The molecule has 0 radical (unpaired) electrons. The van der Waals surface area contributed by atoms with Crippen molar-refractivity contribution >= 4 is 16.7 Å². The normalized spacial score (nSPS) is 21.0. The molecule has 1 N–H and O–H groups in total. The molecule has 0 unspecified atom stereocenters. The molecule has 37 heavy (non-hydrogen) atoms. The van der Waals surface area contributed by atoms with Crippen molar-refractivity contribution in [1.29, 1.82) is 0 Å². The number of ether oxygens (including phenoxy) is 1. The first-order valence-corrected chi connectivity index (χ1v) is 12.4. The van der Waals surface area contributed by atoms with Gasteiger partial charge in [-0.05, 0) is 48.2 Å². The number of nitro groups is 1. The number of rotatable bonds is 5. The van der Waals surface area contributed by atoms with E-state index in [1.54, 1.807) is 20.8 Å². The molecule has 0 aromatic heterocycles. The zero-order valence-corrected chi connectivity index (χ0v) is 21.1. The Kier molecular flexibility index (Phi) is 6.30. The van der Waals surface area contributed by atoms with Crippen LogP contribution in [0.25, 0.3) is 10.8 Å². The van der Waals surface area contributed by atoms with E-state index in [1.165, 1.54) is 0 Å². The molecule has 1 aliphatic heterocycles. The second-order valence-corrected chi connectivity index (χ2v) is 10.5. The van der Waals surface area contributed by atoms with Gasteiger partial charge in [-0.3, -0.25) is 20.2 Å². The minimum absolute atomic E-state index is 0.232. The number of hydrogen-bond donors (Lipinski definition) is 1. The molecular weight excluding hydrogens is 464 g/mol. The highest BCUT2D eigenvalue weighted by atomic mass is 16.6. The third-order valence-electron chi connectivity index (χ3n) is 7.05. The Balaban J connectivity index is 1.82. The number of carbonyl (C=O) groups is 1. The number of carbonyl (C=O) groups excluding carboxylic acids is 1. The molecule has 0 bridgehead atoms. The first-order valence-electron chi connectivity index (χ1n) is 12.4. The smallest absolute Gasteiger partial charge is 0.324 e. The summed E-state index contributed by atoms with van der Waals surface area (Å²) in [7, 11) is 0. The monoisotopic (exact) mass is 494 g/mol. The zero-order valence-electron chi connectivity index (χ0n) is 21.1. The molecule has 1 aliphatic rings. The lowest BCUT2D eigenvalue weighted by Gasteiger charge is -2.33. The van der Waals surface area contributed by atoms with Crippen molar-refractivity contribution in [3.05, 3.63) is 130 Å². The lowest BCUT2D eigenvalue weighted by molar-refractivity contribution is -0.533. The number of nitrogens with zero attached hydrogens (tertiary/aromatic N) is 1. The van der Waals surface area contributed by atoms with Crippen LogP contribution in [0.5, 0.6) is 0 Å². The van der Waals surface area contributed by atoms with Gasteiger partial charge in [0.2, 0.25) is 6.04 Å². The lowest BCUT2D eigenvalue weighted by atomic mass is 9.73.